The van der Waals surface area contributed by atoms with Gasteiger partial charge in [-0.2, -0.15) is 10.1 Å². The van der Waals surface area contributed by atoms with Crippen LogP contribution in [0, 0.1) is 0 Å². The largest absolute Gasteiger partial charge is 0.320 e. The van der Waals surface area contributed by atoms with Crippen molar-refractivity contribution in [2.24, 2.45) is 0 Å². The van der Waals surface area contributed by atoms with Gasteiger partial charge >= 0.3 is 0 Å². The van der Waals surface area contributed by atoms with Gasteiger partial charge in [0.25, 0.3) is 0 Å². The lowest BCUT2D eigenvalue weighted by atomic mass is 10.1. The number of fused-ring (bicyclic) bond motifs is 1. The quantitative estimate of drug-likeness (QED) is 0.427. The number of sulfone groups is 1. The van der Waals surface area contributed by atoms with E-state index in [-0.39, 0.29) is 12.4 Å². The summed E-state index contributed by atoms with van der Waals surface area (Å²) in [5.41, 5.74) is 3.26. The number of nitrogens with zero attached hydrogens (tertiary/aromatic N) is 6. The highest BCUT2D eigenvalue weighted by atomic mass is 35.5. The summed E-state index contributed by atoms with van der Waals surface area (Å²) in [6, 6.07) is 10.6. The van der Waals surface area contributed by atoms with Gasteiger partial charge in [-0.05, 0) is 55.8 Å². The van der Waals surface area contributed by atoms with Crippen LogP contribution in [-0.4, -0.2) is 63.6 Å². The summed E-state index contributed by atoms with van der Waals surface area (Å²) in [7, 11) is -3.24. The maximum absolute atomic E-state index is 11.7. The van der Waals surface area contributed by atoms with E-state index >= 15 is 0 Å². The molecular formula is C22H26ClN7O2S. The Hall–Kier alpha value is -2.95. The first kappa shape index (κ1) is 23.2. The van der Waals surface area contributed by atoms with Gasteiger partial charge in [0.2, 0.25) is 5.95 Å². The van der Waals surface area contributed by atoms with Gasteiger partial charge in [0.05, 0.1) is 23.3 Å². The van der Waals surface area contributed by atoms with Crippen LogP contribution >= 0.6 is 12.4 Å². The Morgan fingerprint density at radius 1 is 1.06 bits per heavy atom. The van der Waals surface area contributed by atoms with E-state index in [4.69, 9.17) is 0 Å². The van der Waals surface area contributed by atoms with E-state index in [1.807, 2.05) is 29.2 Å². The molecule has 9 nitrogen and oxygen atoms in total. The third-order valence-electron chi connectivity index (χ3n) is 5.69. The Morgan fingerprint density at radius 2 is 1.82 bits per heavy atom. The van der Waals surface area contributed by atoms with E-state index in [0.717, 1.165) is 29.9 Å². The molecule has 0 atom stereocenters. The van der Waals surface area contributed by atoms with Crippen molar-refractivity contribution < 1.29 is 8.42 Å². The molecule has 1 aliphatic rings. The molecule has 3 aromatic heterocycles. The molecule has 0 radical (unpaired) electrons. The Bertz CT molecular complexity index is 1340. The third kappa shape index (κ3) is 5.18. The van der Waals surface area contributed by atoms with Gasteiger partial charge < -0.3 is 10.2 Å². The van der Waals surface area contributed by atoms with Crippen molar-refractivity contribution in [1.29, 1.82) is 0 Å². The molecule has 0 saturated carbocycles. The number of likely N-dealkylation sites (tertiary alicyclic amines) is 1. The van der Waals surface area contributed by atoms with E-state index in [1.165, 1.54) is 32.2 Å². The highest BCUT2D eigenvalue weighted by Gasteiger charge is 2.13. The summed E-state index contributed by atoms with van der Waals surface area (Å²) in [5, 5.41) is 12.2. The minimum absolute atomic E-state index is 0. The van der Waals surface area contributed by atoms with Crippen LogP contribution in [0.1, 0.15) is 12.8 Å². The second kappa shape index (κ2) is 9.50. The number of pyridine rings is 1. The van der Waals surface area contributed by atoms with Crippen molar-refractivity contribution in [1.82, 2.24) is 29.3 Å². The van der Waals surface area contributed by atoms with Crippen LogP contribution in [0.4, 0.5) is 11.6 Å². The van der Waals surface area contributed by atoms with Gasteiger partial charge in [-0.25, -0.2) is 12.9 Å². The first-order chi connectivity index (χ1) is 15.5. The summed E-state index contributed by atoms with van der Waals surface area (Å²) in [6.07, 6.45) is 9.35. The minimum Gasteiger partial charge on any atom is -0.320 e. The second-order valence-electron chi connectivity index (χ2n) is 8.09. The zero-order chi connectivity index (χ0) is 22.1. The summed E-state index contributed by atoms with van der Waals surface area (Å²) < 4.78 is 27.1. The van der Waals surface area contributed by atoms with Gasteiger partial charge in [-0.15, -0.1) is 17.5 Å². The predicted octanol–water partition coefficient (Wildman–Crippen LogP) is 3.26. The van der Waals surface area contributed by atoms with Gasteiger partial charge in [-0.1, -0.05) is 12.1 Å². The molecule has 1 saturated heterocycles. The topological polar surface area (TPSA) is 97.4 Å². The smallest absolute Gasteiger partial charge is 0.247 e. The first-order valence-electron chi connectivity index (χ1n) is 10.6. The van der Waals surface area contributed by atoms with Crippen molar-refractivity contribution in [3.63, 3.8) is 0 Å². The Balaban J connectivity index is 0.00000259. The summed E-state index contributed by atoms with van der Waals surface area (Å²) in [4.78, 5) is 7.40. The minimum atomic E-state index is -3.24. The molecule has 4 heterocycles. The van der Waals surface area contributed by atoms with E-state index < -0.39 is 9.84 Å². The normalized spacial score (nSPS) is 14.5. The average Bonchev–Trinajstić information content (AvgIpc) is 3.52. The first-order valence-corrected chi connectivity index (χ1v) is 12.5. The molecule has 33 heavy (non-hydrogen) atoms. The number of nitrogens with one attached hydrogen (secondary N) is 1. The lowest BCUT2D eigenvalue weighted by molar-refractivity contribution is 0.316. The molecule has 0 bridgehead atoms. The fourth-order valence-corrected chi connectivity index (χ4v) is 4.63. The number of anilines is 2. The fraction of sp³-hybridized carbons (Fsp3) is 0.318. The number of hydrogen-bond donors (Lipinski definition) is 1. The van der Waals surface area contributed by atoms with Crippen molar-refractivity contribution in [3.8, 4) is 11.1 Å². The van der Waals surface area contributed by atoms with E-state index in [0.29, 0.717) is 16.5 Å². The molecular weight excluding hydrogens is 462 g/mol. The highest BCUT2D eigenvalue weighted by Crippen LogP contribution is 2.26. The summed E-state index contributed by atoms with van der Waals surface area (Å²) in [5.74, 6) is 0.476. The molecule has 0 unspecified atom stereocenters. The molecule has 0 aliphatic carbocycles. The van der Waals surface area contributed by atoms with Crippen LogP contribution in [-0.2, 0) is 16.4 Å². The van der Waals surface area contributed by atoms with Crippen molar-refractivity contribution in [2.45, 2.75) is 24.3 Å². The number of rotatable bonds is 7. The standard InChI is InChI=1S/C22H25N7O2S.ClH/c1-32(30,31)19-8-6-17(7-9-19)20-5-4-12-29-21(20)25-22(26-29)24-18-15-23-28(16-18)14-13-27-10-2-3-11-27;/h4-9,12,15-16H,2-3,10-11,13-14H2,1H3,(H,24,26);1H. The van der Waals surface area contributed by atoms with Crippen LogP contribution in [0.2, 0.25) is 0 Å². The van der Waals surface area contributed by atoms with Crippen molar-refractivity contribution in [2.75, 3.05) is 31.2 Å². The maximum atomic E-state index is 11.7. The molecule has 1 aromatic carbocycles. The molecule has 0 spiro atoms. The van der Waals surface area contributed by atoms with Crippen molar-refractivity contribution >= 4 is 39.5 Å². The van der Waals surface area contributed by atoms with Crippen LogP contribution in [0.15, 0.2) is 59.9 Å². The Labute approximate surface area is 198 Å². The van der Waals surface area contributed by atoms with Crippen molar-refractivity contribution in [3.05, 3.63) is 55.0 Å². The fourth-order valence-electron chi connectivity index (χ4n) is 4.00. The molecule has 1 fully saturated rings. The van der Waals surface area contributed by atoms with Crippen LogP contribution in [0.25, 0.3) is 16.8 Å². The predicted molar refractivity (Wildman–Crippen MR) is 130 cm³/mol. The van der Waals surface area contributed by atoms with Crippen LogP contribution < -0.4 is 5.32 Å². The van der Waals surface area contributed by atoms with Crippen LogP contribution in [0.5, 0.6) is 0 Å². The Kier molecular flexibility index (Phi) is 6.68. The SMILES string of the molecule is CS(=O)(=O)c1ccc(-c2cccn3nc(Nc4cnn(CCN5CCCC5)c4)nc23)cc1.Cl. The molecule has 11 heteroatoms. The second-order valence-corrected chi connectivity index (χ2v) is 10.1. The van der Waals surface area contributed by atoms with Gasteiger partial charge in [-0.3, -0.25) is 4.68 Å². The van der Waals surface area contributed by atoms with Gasteiger partial charge in [0.15, 0.2) is 15.5 Å². The van der Waals surface area contributed by atoms with E-state index in [2.05, 4.69) is 25.4 Å². The van der Waals surface area contributed by atoms with E-state index in [1.54, 1.807) is 35.0 Å². The van der Waals surface area contributed by atoms with Gasteiger partial charge in [0, 0.05) is 30.8 Å². The molecule has 0 amide bonds. The monoisotopic (exact) mass is 487 g/mol. The molecule has 4 aromatic rings. The number of hydrogen-bond acceptors (Lipinski definition) is 7. The summed E-state index contributed by atoms with van der Waals surface area (Å²) in [6.45, 7) is 4.22. The highest BCUT2D eigenvalue weighted by molar-refractivity contribution is 7.90. The van der Waals surface area contributed by atoms with Crippen LogP contribution in [0.3, 0.4) is 0 Å². The van der Waals surface area contributed by atoms with Gasteiger partial charge in [0.1, 0.15) is 0 Å². The lowest BCUT2D eigenvalue weighted by Gasteiger charge is -2.13. The molecule has 1 N–H and O–H groups in total. The molecule has 5 rings (SSSR count). The zero-order valence-corrected chi connectivity index (χ0v) is 19.9. The maximum Gasteiger partial charge on any atom is 0.247 e. The van der Waals surface area contributed by atoms with E-state index in [9.17, 15) is 8.42 Å². The third-order valence-corrected chi connectivity index (χ3v) is 6.82. The number of aromatic nitrogens is 5. The number of halogens is 1. The average molecular weight is 488 g/mol. The summed E-state index contributed by atoms with van der Waals surface area (Å²) >= 11 is 0. The Morgan fingerprint density at radius 3 is 2.55 bits per heavy atom. The zero-order valence-electron chi connectivity index (χ0n) is 18.3. The lowest BCUT2D eigenvalue weighted by Crippen LogP contribution is -2.24. The number of benzene rings is 1. The molecule has 1 aliphatic heterocycles. The molecule has 174 valence electrons.